The maximum Gasteiger partial charge on any atom is 0.337 e. The normalized spacial score (nSPS) is 10.2. The number of carbonyl (C=O) groups is 2. The Morgan fingerprint density at radius 3 is 2.41 bits per heavy atom. The van der Waals surface area contributed by atoms with Gasteiger partial charge in [0.15, 0.2) is 0 Å². The number of amides is 1. The second-order valence-electron chi connectivity index (χ2n) is 6.49. The minimum Gasteiger partial charge on any atom is -0.494 e. The maximum absolute atomic E-state index is 12.5. The summed E-state index contributed by atoms with van der Waals surface area (Å²) in [6.45, 7) is 0.591. The van der Waals surface area contributed by atoms with Gasteiger partial charge in [0, 0.05) is 17.3 Å². The Hall–Kier alpha value is -3.60. The van der Waals surface area contributed by atoms with E-state index in [0.29, 0.717) is 29.2 Å². The third-order valence-electron chi connectivity index (χ3n) is 4.36. The quantitative estimate of drug-likeness (QED) is 0.447. The molecule has 0 heterocycles. The van der Waals surface area contributed by atoms with Crippen LogP contribution in [0.15, 0.2) is 78.9 Å². The van der Waals surface area contributed by atoms with Crippen LogP contribution in [-0.4, -0.2) is 25.6 Å². The number of ether oxygens (including phenoxy) is 2. The molecule has 0 spiro atoms. The van der Waals surface area contributed by atoms with Gasteiger partial charge in [-0.2, -0.15) is 0 Å². The molecule has 3 rings (SSSR count). The highest BCUT2D eigenvalue weighted by Crippen LogP contribution is 2.19. The van der Waals surface area contributed by atoms with Gasteiger partial charge in [0.1, 0.15) is 5.75 Å². The first-order valence-corrected chi connectivity index (χ1v) is 9.42. The minimum absolute atomic E-state index is 0.308. The molecule has 0 atom stereocenters. The average molecular weight is 389 g/mol. The standard InChI is InChI=1S/C24H23NO4/c1-28-24(27)20-12-5-11-19(16-20)23(26)25-21-13-6-14-22(17-21)29-15-7-10-18-8-3-2-4-9-18/h2-6,8-9,11-14,16-17H,7,10,15H2,1H3,(H,25,26). The first kappa shape index (κ1) is 20.1. The molecule has 5 heteroatoms. The van der Waals surface area contributed by atoms with Crippen LogP contribution in [0.4, 0.5) is 5.69 Å². The number of rotatable bonds is 8. The van der Waals surface area contributed by atoms with Crippen LogP contribution in [0, 0.1) is 0 Å². The van der Waals surface area contributed by atoms with E-state index in [-0.39, 0.29) is 5.91 Å². The lowest BCUT2D eigenvalue weighted by atomic mass is 10.1. The van der Waals surface area contributed by atoms with Crippen molar-refractivity contribution in [3.63, 3.8) is 0 Å². The summed E-state index contributed by atoms with van der Waals surface area (Å²) in [7, 11) is 1.31. The van der Waals surface area contributed by atoms with Crippen LogP contribution < -0.4 is 10.1 Å². The fourth-order valence-corrected chi connectivity index (χ4v) is 2.88. The van der Waals surface area contributed by atoms with E-state index in [0.717, 1.165) is 12.8 Å². The Labute approximate surface area is 170 Å². The van der Waals surface area contributed by atoms with Gasteiger partial charge >= 0.3 is 5.97 Å². The summed E-state index contributed by atoms with van der Waals surface area (Å²) >= 11 is 0. The lowest BCUT2D eigenvalue weighted by molar-refractivity contribution is 0.0600. The second-order valence-corrected chi connectivity index (χ2v) is 6.49. The lowest BCUT2D eigenvalue weighted by Crippen LogP contribution is -2.13. The molecular formula is C24H23NO4. The smallest absolute Gasteiger partial charge is 0.337 e. The first-order chi connectivity index (χ1) is 14.2. The van der Waals surface area contributed by atoms with Gasteiger partial charge in [-0.05, 0) is 48.7 Å². The Balaban J connectivity index is 1.55. The molecule has 1 N–H and O–H groups in total. The Kier molecular flexibility index (Phi) is 7.00. The van der Waals surface area contributed by atoms with Crippen molar-refractivity contribution in [2.75, 3.05) is 19.0 Å². The number of anilines is 1. The molecule has 3 aromatic rings. The molecule has 148 valence electrons. The molecule has 0 saturated heterocycles. The molecule has 0 radical (unpaired) electrons. The van der Waals surface area contributed by atoms with Gasteiger partial charge in [0.2, 0.25) is 0 Å². The van der Waals surface area contributed by atoms with Gasteiger partial charge in [-0.1, -0.05) is 42.5 Å². The van der Waals surface area contributed by atoms with Crippen molar-refractivity contribution in [1.29, 1.82) is 0 Å². The van der Waals surface area contributed by atoms with Crippen molar-refractivity contribution < 1.29 is 19.1 Å². The van der Waals surface area contributed by atoms with Crippen LogP contribution in [0.3, 0.4) is 0 Å². The zero-order valence-corrected chi connectivity index (χ0v) is 16.3. The molecule has 0 saturated carbocycles. The van der Waals surface area contributed by atoms with Crippen molar-refractivity contribution in [3.05, 3.63) is 95.6 Å². The van der Waals surface area contributed by atoms with Crippen molar-refractivity contribution in [3.8, 4) is 5.75 Å². The van der Waals surface area contributed by atoms with Crippen LogP contribution >= 0.6 is 0 Å². The molecule has 29 heavy (non-hydrogen) atoms. The largest absolute Gasteiger partial charge is 0.494 e. The number of hydrogen-bond donors (Lipinski definition) is 1. The van der Waals surface area contributed by atoms with E-state index >= 15 is 0 Å². The van der Waals surface area contributed by atoms with Gasteiger partial charge in [0.05, 0.1) is 19.3 Å². The summed E-state index contributed by atoms with van der Waals surface area (Å²) in [4.78, 5) is 24.1. The van der Waals surface area contributed by atoms with Gasteiger partial charge < -0.3 is 14.8 Å². The summed E-state index contributed by atoms with van der Waals surface area (Å²) in [6, 6.07) is 23.9. The van der Waals surface area contributed by atoms with Crippen molar-refractivity contribution in [2.24, 2.45) is 0 Å². The van der Waals surface area contributed by atoms with Crippen molar-refractivity contribution in [2.45, 2.75) is 12.8 Å². The zero-order valence-electron chi connectivity index (χ0n) is 16.3. The van der Waals surface area contributed by atoms with E-state index in [1.807, 2.05) is 30.3 Å². The fourth-order valence-electron chi connectivity index (χ4n) is 2.88. The molecule has 0 bridgehead atoms. The molecule has 0 aliphatic rings. The Bertz CT molecular complexity index is 969. The van der Waals surface area contributed by atoms with E-state index < -0.39 is 5.97 Å². The topological polar surface area (TPSA) is 64.6 Å². The van der Waals surface area contributed by atoms with Crippen molar-refractivity contribution in [1.82, 2.24) is 0 Å². The first-order valence-electron chi connectivity index (χ1n) is 9.42. The molecule has 0 aliphatic carbocycles. The summed E-state index contributed by atoms with van der Waals surface area (Å²) in [5.41, 5.74) is 2.61. The number of nitrogens with one attached hydrogen (secondary N) is 1. The highest BCUT2D eigenvalue weighted by molar-refractivity contribution is 6.05. The number of aryl methyl sites for hydroxylation is 1. The third-order valence-corrected chi connectivity index (χ3v) is 4.36. The van der Waals surface area contributed by atoms with Gasteiger partial charge in [-0.25, -0.2) is 4.79 Å². The monoisotopic (exact) mass is 389 g/mol. The molecular weight excluding hydrogens is 366 g/mol. The Morgan fingerprint density at radius 2 is 1.62 bits per heavy atom. The molecule has 0 fully saturated rings. The molecule has 0 aliphatic heterocycles. The highest BCUT2D eigenvalue weighted by atomic mass is 16.5. The number of hydrogen-bond acceptors (Lipinski definition) is 4. The minimum atomic E-state index is -0.481. The third kappa shape index (κ3) is 5.94. The van der Waals surface area contributed by atoms with Gasteiger partial charge in [-0.15, -0.1) is 0 Å². The lowest BCUT2D eigenvalue weighted by Gasteiger charge is -2.10. The van der Waals surface area contributed by atoms with Crippen LogP contribution in [0.1, 0.15) is 32.7 Å². The summed E-state index contributed by atoms with van der Waals surface area (Å²) in [5, 5.41) is 2.83. The summed E-state index contributed by atoms with van der Waals surface area (Å²) in [6.07, 6.45) is 1.86. The summed E-state index contributed by atoms with van der Waals surface area (Å²) < 4.78 is 10.5. The van der Waals surface area contributed by atoms with Crippen LogP contribution in [-0.2, 0) is 11.2 Å². The highest BCUT2D eigenvalue weighted by Gasteiger charge is 2.11. The molecule has 0 unspecified atom stereocenters. The predicted molar refractivity (Wildman–Crippen MR) is 112 cm³/mol. The van der Waals surface area contributed by atoms with Gasteiger partial charge in [-0.3, -0.25) is 4.79 Å². The van der Waals surface area contributed by atoms with Crippen LogP contribution in [0.2, 0.25) is 0 Å². The fraction of sp³-hybridized carbons (Fsp3) is 0.167. The zero-order chi connectivity index (χ0) is 20.5. The number of benzene rings is 3. The second kappa shape index (κ2) is 10.1. The van der Waals surface area contributed by atoms with E-state index in [9.17, 15) is 9.59 Å². The van der Waals surface area contributed by atoms with Crippen LogP contribution in [0.5, 0.6) is 5.75 Å². The number of methoxy groups -OCH3 is 1. The average Bonchev–Trinajstić information content (AvgIpc) is 2.77. The Morgan fingerprint density at radius 1 is 0.862 bits per heavy atom. The molecule has 1 amide bonds. The van der Waals surface area contributed by atoms with E-state index in [4.69, 9.17) is 9.47 Å². The summed E-state index contributed by atoms with van der Waals surface area (Å²) in [5.74, 6) is -0.0956. The number of carbonyl (C=O) groups excluding carboxylic acids is 2. The van der Waals surface area contributed by atoms with Gasteiger partial charge in [0.25, 0.3) is 5.91 Å². The van der Waals surface area contributed by atoms with Crippen molar-refractivity contribution >= 4 is 17.6 Å². The SMILES string of the molecule is COC(=O)c1cccc(C(=O)Nc2cccc(OCCCc3ccccc3)c2)c1. The predicted octanol–water partition coefficient (Wildman–Crippen LogP) is 4.74. The van der Waals surface area contributed by atoms with E-state index in [1.165, 1.54) is 18.7 Å². The van der Waals surface area contributed by atoms with Crippen LogP contribution in [0.25, 0.3) is 0 Å². The van der Waals surface area contributed by atoms with E-state index in [1.54, 1.807) is 30.3 Å². The molecule has 0 aromatic heterocycles. The molecule has 5 nitrogen and oxygen atoms in total. The maximum atomic E-state index is 12.5. The number of esters is 1. The molecule has 3 aromatic carbocycles. The van der Waals surface area contributed by atoms with E-state index in [2.05, 4.69) is 17.4 Å².